The van der Waals surface area contributed by atoms with Gasteiger partial charge in [-0.25, -0.2) is 0 Å². The monoisotopic (exact) mass is 253 g/mol. The molecular weight excluding hydrogens is 222 g/mol. The van der Waals surface area contributed by atoms with Crippen LogP contribution in [0.3, 0.4) is 0 Å². The normalized spacial score (nSPS) is 11.0. The van der Waals surface area contributed by atoms with E-state index < -0.39 is 0 Å². The summed E-state index contributed by atoms with van der Waals surface area (Å²) in [6.45, 7) is 5.16. The van der Waals surface area contributed by atoms with Gasteiger partial charge in [0.05, 0.1) is 0 Å². The minimum atomic E-state index is 0.231. The molecule has 1 N–H and O–H groups in total. The maximum atomic E-state index is 11.4. The largest absolute Gasteiger partial charge is 0.356 e. The SMILES string of the molecule is CC/C=C/CCCCCCCC(=O)NCCCC. The van der Waals surface area contributed by atoms with Crippen LogP contribution < -0.4 is 5.32 Å². The van der Waals surface area contributed by atoms with E-state index >= 15 is 0 Å². The van der Waals surface area contributed by atoms with Crippen LogP contribution in [-0.4, -0.2) is 12.5 Å². The van der Waals surface area contributed by atoms with Gasteiger partial charge in [0.1, 0.15) is 0 Å². The molecular formula is C16H31NO. The Balaban J connectivity index is 3.15. The van der Waals surface area contributed by atoms with E-state index in [1.807, 2.05) is 0 Å². The maximum Gasteiger partial charge on any atom is 0.219 e. The lowest BCUT2D eigenvalue weighted by Gasteiger charge is -2.04. The molecule has 0 aromatic carbocycles. The quantitative estimate of drug-likeness (QED) is 0.400. The molecule has 0 saturated carbocycles. The number of nitrogens with one attached hydrogen (secondary N) is 1. The Morgan fingerprint density at radius 1 is 0.944 bits per heavy atom. The van der Waals surface area contributed by atoms with E-state index in [9.17, 15) is 4.79 Å². The Kier molecular flexibility index (Phi) is 13.6. The van der Waals surface area contributed by atoms with Crippen LogP contribution in [0.4, 0.5) is 0 Å². The second-order valence-corrected chi connectivity index (χ2v) is 4.89. The molecule has 2 heteroatoms. The van der Waals surface area contributed by atoms with Crippen molar-refractivity contribution in [3.05, 3.63) is 12.2 Å². The number of hydrogen-bond donors (Lipinski definition) is 1. The Labute approximate surface area is 113 Å². The van der Waals surface area contributed by atoms with Gasteiger partial charge in [-0.1, -0.05) is 51.7 Å². The first-order chi connectivity index (χ1) is 8.81. The molecule has 0 rings (SSSR count). The highest BCUT2D eigenvalue weighted by Crippen LogP contribution is 2.07. The number of unbranched alkanes of at least 4 members (excludes halogenated alkanes) is 6. The number of amides is 1. The van der Waals surface area contributed by atoms with Gasteiger partial charge in [0.15, 0.2) is 0 Å². The van der Waals surface area contributed by atoms with Gasteiger partial charge >= 0.3 is 0 Å². The summed E-state index contributed by atoms with van der Waals surface area (Å²) >= 11 is 0. The number of carbonyl (C=O) groups is 1. The molecule has 0 heterocycles. The van der Waals surface area contributed by atoms with Gasteiger partial charge in [-0.2, -0.15) is 0 Å². The zero-order valence-corrected chi connectivity index (χ0v) is 12.3. The predicted molar refractivity (Wildman–Crippen MR) is 79.7 cm³/mol. The van der Waals surface area contributed by atoms with E-state index in [0.717, 1.165) is 32.2 Å². The summed E-state index contributed by atoms with van der Waals surface area (Å²) in [7, 11) is 0. The summed E-state index contributed by atoms with van der Waals surface area (Å²) in [4.78, 5) is 11.4. The molecule has 0 fully saturated rings. The van der Waals surface area contributed by atoms with Crippen LogP contribution in [0.5, 0.6) is 0 Å². The Hall–Kier alpha value is -0.790. The second kappa shape index (κ2) is 14.3. The molecule has 18 heavy (non-hydrogen) atoms. The van der Waals surface area contributed by atoms with E-state index in [2.05, 4.69) is 31.3 Å². The number of carbonyl (C=O) groups excluding carboxylic acids is 1. The van der Waals surface area contributed by atoms with Crippen LogP contribution >= 0.6 is 0 Å². The molecule has 0 aromatic heterocycles. The van der Waals surface area contributed by atoms with Crippen LogP contribution in [0.25, 0.3) is 0 Å². The van der Waals surface area contributed by atoms with Crippen LogP contribution in [0.15, 0.2) is 12.2 Å². The van der Waals surface area contributed by atoms with Crippen LogP contribution in [0.1, 0.15) is 78.1 Å². The van der Waals surface area contributed by atoms with Crippen LogP contribution in [0, 0.1) is 0 Å². The van der Waals surface area contributed by atoms with Crippen molar-refractivity contribution in [2.24, 2.45) is 0 Å². The van der Waals surface area contributed by atoms with Crippen LogP contribution in [-0.2, 0) is 4.79 Å². The minimum Gasteiger partial charge on any atom is -0.356 e. The predicted octanol–water partition coefficient (Wildman–Crippen LogP) is 4.60. The Morgan fingerprint density at radius 3 is 2.39 bits per heavy atom. The molecule has 1 amide bonds. The highest BCUT2D eigenvalue weighted by Gasteiger charge is 1.99. The summed E-state index contributed by atoms with van der Waals surface area (Å²) in [6, 6.07) is 0. The molecule has 0 aromatic rings. The Morgan fingerprint density at radius 2 is 1.67 bits per heavy atom. The minimum absolute atomic E-state index is 0.231. The molecule has 0 saturated heterocycles. The smallest absolute Gasteiger partial charge is 0.219 e. The van der Waals surface area contributed by atoms with E-state index in [-0.39, 0.29) is 5.91 Å². The number of hydrogen-bond acceptors (Lipinski definition) is 1. The van der Waals surface area contributed by atoms with E-state index in [1.54, 1.807) is 0 Å². The van der Waals surface area contributed by atoms with Gasteiger partial charge in [-0.3, -0.25) is 4.79 Å². The third-order valence-corrected chi connectivity index (χ3v) is 3.03. The first kappa shape index (κ1) is 17.2. The lowest BCUT2D eigenvalue weighted by molar-refractivity contribution is -0.121. The van der Waals surface area contributed by atoms with Crippen LogP contribution in [0.2, 0.25) is 0 Å². The molecule has 0 bridgehead atoms. The molecule has 0 spiro atoms. The molecule has 0 radical (unpaired) electrons. The van der Waals surface area contributed by atoms with Gasteiger partial charge in [-0.15, -0.1) is 0 Å². The molecule has 2 nitrogen and oxygen atoms in total. The van der Waals surface area contributed by atoms with Crippen molar-refractivity contribution in [3.63, 3.8) is 0 Å². The van der Waals surface area contributed by atoms with Gasteiger partial charge in [0, 0.05) is 13.0 Å². The number of allylic oxidation sites excluding steroid dienone is 2. The summed E-state index contributed by atoms with van der Waals surface area (Å²) in [5.74, 6) is 0.231. The molecule has 0 aliphatic heterocycles. The van der Waals surface area contributed by atoms with E-state index in [4.69, 9.17) is 0 Å². The summed E-state index contributed by atoms with van der Waals surface area (Å²) in [6.07, 6.45) is 15.9. The molecule has 0 atom stereocenters. The molecule has 0 unspecified atom stereocenters. The van der Waals surface area contributed by atoms with Crippen molar-refractivity contribution in [2.45, 2.75) is 78.1 Å². The fourth-order valence-corrected chi connectivity index (χ4v) is 1.86. The first-order valence-electron chi connectivity index (χ1n) is 7.73. The van der Waals surface area contributed by atoms with Crippen molar-refractivity contribution in [1.29, 1.82) is 0 Å². The first-order valence-corrected chi connectivity index (χ1v) is 7.73. The van der Waals surface area contributed by atoms with Gasteiger partial charge in [-0.05, 0) is 32.1 Å². The van der Waals surface area contributed by atoms with Gasteiger partial charge in [0.2, 0.25) is 5.91 Å². The fourth-order valence-electron chi connectivity index (χ4n) is 1.86. The molecule has 0 aliphatic carbocycles. The van der Waals surface area contributed by atoms with Crippen molar-refractivity contribution in [3.8, 4) is 0 Å². The topological polar surface area (TPSA) is 29.1 Å². The standard InChI is InChI=1S/C16H31NO/c1-3-5-7-8-9-10-11-12-13-14-16(18)17-15-6-4-2/h5,7H,3-4,6,8-15H2,1-2H3,(H,17,18)/b7-5+. The highest BCUT2D eigenvalue weighted by molar-refractivity contribution is 5.75. The average molecular weight is 253 g/mol. The third kappa shape index (κ3) is 13.3. The fraction of sp³-hybridized carbons (Fsp3) is 0.812. The van der Waals surface area contributed by atoms with Crippen molar-refractivity contribution in [1.82, 2.24) is 5.32 Å². The van der Waals surface area contributed by atoms with Crippen molar-refractivity contribution < 1.29 is 4.79 Å². The van der Waals surface area contributed by atoms with E-state index in [0.29, 0.717) is 6.42 Å². The third-order valence-electron chi connectivity index (χ3n) is 3.03. The van der Waals surface area contributed by atoms with Gasteiger partial charge in [0.25, 0.3) is 0 Å². The van der Waals surface area contributed by atoms with Gasteiger partial charge < -0.3 is 5.32 Å². The highest BCUT2D eigenvalue weighted by atomic mass is 16.1. The molecule has 106 valence electrons. The number of rotatable bonds is 12. The zero-order chi connectivity index (χ0) is 13.5. The van der Waals surface area contributed by atoms with Crippen molar-refractivity contribution >= 4 is 5.91 Å². The lowest BCUT2D eigenvalue weighted by Crippen LogP contribution is -2.23. The summed E-state index contributed by atoms with van der Waals surface area (Å²) in [5, 5.41) is 2.96. The summed E-state index contributed by atoms with van der Waals surface area (Å²) < 4.78 is 0. The molecule has 0 aliphatic rings. The second-order valence-electron chi connectivity index (χ2n) is 4.89. The summed E-state index contributed by atoms with van der Waals surface area (Å²) in [5.41, 5.74) is 0. The zero-order valence-electron chi connectivity index (χ0n) is 12.3. The van der Waals surface area contributed by atoms with Crippen molar-refractivity contribution in [2.75, 3.05) is 6.54 Å². The average Bonchev–Trinajstić information content (AvgIpc) is 2.37. The maximum absolute atomic E-state index is 11.4. The lowest BCUT2D eigenvalue weighted by atomic mass is 10.1. The Bertz CT molecular complexity index is 211. The van der Waals surface area contributed by atoms with E-state index in [1.165, 1.54) is 32.1 Å².